The fourth-order valence-corrected chi connectivity index (χ4v) is 2.86. The number of rotatable bonds is 11. The van der Waals surface area contributed by atoms with Crippen LogP contribution in [-0.2, 0) is 11.3 Å². The van der Waals surface area contributed by atoms with Crippen LogP contribution in [0.15, 0.2) is 59.5 Å². The highest BCUT2D eigenvalue weighted by molar-refractivity contribution is 5.70. The van der Waals surface area contributed by atoms with Gasteiger partial charge in [0.05, 0.1) is 0 Å². The SMILES string of the molecule is CC(C)=CCC/C(C)=C/CCC(C)=CCCC[n+]1ccc(N(C)C)cc1.O=C([O-])C(F)(F)F. The number of carbonyl (C=O) groups is 1. The molecular weight excluding hydrogens is 429 g/mol. The second-order valence-corrected chi connectivity index (χ2v) is 8.58. The zero-order valence-electron chi connectivity index (χ0n) is 20.8. The van der Waals surface area contributed by atoms with E-state index in [1.54, 1.807) is 0 Å². The third-order valence-corrected chi connectivity index (χ3v) is 4.86. The van der Waals surface area contributed by atoms with Crippen molar-refractivity contribution in [2.45, 2.75) is 78.9 Å². The van der Waals surface area contributed by atoms with Crippen molar-refractivity contribution in [2.75, 3.05) is 19.0 Å². The van der Waals surface area contributed by atoms with Gasteiger partial charge in [-0.3, -0.25) is 0 Å². The van der Waals surface area contributed by atoms with Gasteiger partial charge in [-0.2, -0.15) is 13.2 Å². The first-order chi connectivity index (χ1) is 15.3. The average molecular weight is 469 g/mol. The lowest BCUT2D eigenvalue weighted by atomic mass is 10.1. The van der Waals surface area contributed by atoms with Crippen LogP contribution in [0.1, 0.15) is 66.2 Å². The van der Waals surface area contributed by atoms with Gasteiger partial charge in [-0.05, 0) is 59.8 Å². The van der Waals surface area contributed by atoms with Crippen molar-refractivity contribution < 1.29 is 27.6 Å². The number of nitrogens with zero attached hydrogens (tertiary/aromatic N) is 2. The second-order valence-electron chi connectivity index (χ2n) is 8.58. The Hall–Kier alpha value is -2.57. The van der Waals surface area contributed by atoms with Crippen molar-refractivity contribution in [1.82, 2.24) is 0 Å². The van der Waals surface area contributed by atoms with E-state index in [1.165, 1.54) is 54.5 Å². The molecule has 0 saturated carbocycles. The maximum absolute atomic E-state index is 10.5. The molecule has 0 aliphatic carbocycles. The highest BCUT2D eigenvalue weighted by atomic mass is 19.4. The molecule has 0 saturated heterocycles. The van der Waals surface area contributed by atoms with Gasteiger partial charge in [-0.25, -0.2) is 4.57 Å². The van der Waals surface area contributed by atoms with Crippen LogP contribution in [0.3, 0.4) is 0 Å². The van der Waals surface area contributed by atoms with Crippen LogP contribution in [0.4, 0.5) is 18.9 Å². The van der Waals surface area contributed by atoms with Crippen LogP contribution in [0.5, 0.6) is 0 Å². The van der Waals surface area contributed by atoms with Gasteiger partial charge in [0.15, 0.2) is 12.4 Å². The number of hydrogen-bond acceptors (Lipinski definition) is 3. The molecule has 0 radical (unpaired) electrons. The summed E-state index contributed by atoms with van der Waals surface area (Å²) in [7, 11) is 4.15. The number of aryl methyl sites for hydroxylation is 1. The minimum atomic E-state index is -5.19. The summed E-state index contributed by atoms with van der Waals surface area (Å²) in [6.07, 6.45) is 13.4. The first-order valence-electron chi connectivity index (χ1n) is 11.2. The Kier molecular flexibility index (Phi) is 14.9. The Morgan fingerprint density at radius 2 is 1.39 bits per heavy atom. The van der Waals surface area contributed by atoms with Crippen molar-refractivity contribution >= 4 is 11.7 Å². The van der Waals surface area contributed by atoms with Gasteiger partial charge in [-0.15, -0.1) is 0 Å². The van der Waals surface area contributed by atoms with E-state index in [4.69, 9.17) is 9.90 Å². The molecule has 4 nitrogen and oxygen atoms in total. The molecule has 1 heterocycles. The summed E-state index contributed by atoms with van der Waals surface area (Å²) >= 11 is 0. The molecule has 1 rings (SSSR count). The molecule has 0 atom stereocenters. The number of allylic oxidation sites excluding steroid dienone is 6. The Labute approximate surface area is 197 Å². The van der Waals surface area contributed by atoms with Crippen LogP contribution in [0, 0.1) is 0 Å². The van der Waals surface area contributed by atoms with E-state index >= 15 is 0 Å². The molecular formula is C26H39F3N2O2. The van der Waals surface area contributed by atoms with E-state index in [-0.39, 0.29) is 0 Å². The van der Waals surface area contributed by atoms with E-state index in [9.17, 15) is 13.2 Å². The van der Waals surface area contributed by atoms with Gasteiger partial charge in [0.2, 0.25) is 0 Å². The topological polar surface area (TPSA) is 47.2 Å². The normalized spacial score (nSPS) is 12.0. The highest BCUT2D eigenvalue weighted by Crippen LogP contribution is 2.13. The number of anilines is 1. The number of halogens is 3. The van der Waals surface area contributed by atoms with Crippen LogP contribution in [0.2, 0.25) is 0 Å². The number of unbranched alkanes of at least 4 members (excludes halogenated alkanes) is 1. The van der Waals surface area contributed by atoms with E-state index in [0.29, 0.717) is 0 Å². The minimum absolute atomic E-state index is 1.08. The lowest BCUT2D eigenvalue weighted by Crippen LogP contribution is -2.37. The number of hydrogen-bond donors (Lipinski definition) is 0. The molecule has 0 amide bonds. The van der Waals surface area contributed by atoms with Gasteiger partial charge in [0, 0.05) is 38.3 Å². The maximum Gasteiger partial charge on any atom is 0.430 e. The van der Waals surface area contributed by atoms with Crippen LogP contribution < -0.4 is 14.6 Å². The molecule has 186 valence electrons. The van der Waals surface area contributed by atoms with Crippen molar-refractivity contribution in [3.8, 4) is 0 Å². The fraction of sp³-hybridized carbons (Fsp3) is 0.538. The quantitative estimate of drug-likeness (QED) is 0.243. The summed E-state index contributed by atoms with van der Waals surface area (Å²) in [6, 6.07) is 4.35. The molecule has 0 bridgehead atoms. The van der Waals surface area contributed by atoms with Gasteiger partial charge >= 0.3 is 6.18 Å². The highest BCUT2D eigenvalue weighted by Gasteiger charge is 2.28. The number of carboxylic acids is 1. The van der Waals surface area contributed by atoms with Crippen LogP contribution >= 0.6 is 0 Å². The molecule has 0 unspecified atom stereocenters. The first-order valence-corrected chi connectivity index (χ1v) is 11.2. The predicted molar refractivity (Wildman–Crippen MR) is 127 cm³/mol. The summed E-state index contributed by atoms with van der Waals surface area (Å²) in [5.41, 5.74) is 5.71. The van der Waals surface area contributed by atoms with E-state index in [2.05, 4.69) is 94.0 Å². The molecule has 0 fully saturated rings. The largest absolute Gasteiger partial charge is 0.542 e. The Morgan fingerprint density at radius 1 is 0.939 bits per heavy atom. The standard InChI is InChI=1S/C24H39N2.C2HF3O2/c1-21(2)11-9-13-23(4)15-10-14-22(3)12-7-8-18-26-19-16-24(17-20-26)25(5)6;3-2(4,5)1(6)7/h11-12,15-17,19-20H,7-10,13-14,18H2,1-6H3;(H,6,7)/q+1;/p-1/b22-12?,23-15+;. The number of aromatic nitrogens is 1. The van der Waals surface area contributed by atoms with Crippen molar-refractivity contribution in [1.29, 1.82) is 0 Å². The number of carboxylic acid groups (broad SMARTS) is 1. The van der Waals surface area contributed by atoms with Gasteiger partial charge in [0.25, 0.3) is 0 Å². The molecule has 0 spiro atoms. The molecule has 0 aromatic carbocycles. The molecule has 7 heteroatoms. The third kappa shape index (κ3) is 16.7. The minimum Gasteiger partial charge on any atom is -0.542 e. The fourth-order valence-electron chi connectivity index (χ4n) is 2.86. The predicted octanol–water partition coefficient (Wildman–Crippen LogP) is 5.54. The van der Waals surface area contributed by atoms with E-state index < -0.39 is 12.1 Å². The summed E-state index contributed by atoms with van der Waals surface area (Å²) in [5, 5.41) is 8.78. The van der Waals surface area contributed by atoms with Gasteiger partial charge in [-0.1, -0.05) is 34.9 Å². The zero-order valence-corrected chi connectivity index (χ0v) is 20.8. The summed E-state index contributed by atoms with van der Waals surface area (Å²) < 4.78 is 33.8. The molecule has 33 heavy (non-hydrogen) atoms. The molecule has 0 N–H and O–H groups in total. The lowest BCUT2D eigenvalue weighted by molar-refractivity contribution is -0.697. The molecule has 1 aromatic rings. The van der Waals surface area contributed by atoms with E-state index in [1.807, 2.05) is 0 Å². The van der Waals surface area contributed by atoms with E-state index in [0.717, 1.165) is 13.0 Å². The monoisotopic (exact) mass is 468 g/mol. The molecule has 0 aliphatic heterocycles. The van der Waals surface area contributed by atoms with Gasteiger partial charge in [0.1, 0.15) is 12.5 Å². The number of alkyl halides is 3. The number of aliphatic carboxylic acids is 1. The first kappa shape index (κ1) is 30.4. The van der Waals surface area contributed by atoms with Crippen molar-refractivity contribution in [3.63, 3.8) is 0 Å². The van der Waals surface area contributed by atoms with Crippen LogP contribution in [0.25, 0.3) is 0 Å². The second kappa shape index (κ2) is 16.1. The zero-order chi connectivity index (χ0) is 25.4. The summed E-state index contributed by atoms with van der Waals surface area (Å²) in [5.74, 6) is -3.01. The Bertz CT molecular complexity index is 789. The number of pyridine rings is 1. The smallest absolute Gasteiger partial charge is 0.430 e. The van der Waals surface area contributed by atoms with Crippen molar-refractivity contribution in [3.05, 3.63) is 59.5 Å². The number of carbonyl (C=O) groups excluding carboxylic acids is 1. The third-order valence-electron chi connectivity index (χ3n) is 4.86. The maximum atomic E-state index is 10.5. The van der Waals surface area contributed by atoms with Gasteiger partial charge < -0.3 is 14.8 Å². The summed E-state index contributed by atoms with van der Waals surface area (Å²) in [6.45, 7) is 9.96. The lowest BCUT2D eigenvalue weighted by Gasteiger charge is -2.10. The van der Waals surface area contributed by atoms with Crippen molar-refractivity contribution in [2.24, 2.45) is 0 Å². The Morgan fingerprint density at radius 3 is 1.82 bits per heavy atom. The average Bonchev–Trinajstić information content (AvgIpc) is 2.71. The van der Waals surface area contributed by atoms with Crippen LogP contribution in [-0.4, -0.2) is 26.2 Å². The molecule has 1 aromatic heterocycles. The Balaban J connectivity index is 0.00000126. The molecule has 0 aliphatic rings. The summed E-state index contributed by atoms with van der Waals surface area (Å²) in [4.78, 5) is 10.9.